The fourth-order valence-electron chi connectivity index (χ4n) is 1.46. The first-order valence-electron chi connectivity index (χ1n) is 4.54. The quantitative estimate of drug-likeness (QED) is 0.482. The minimum Gasteiger partial charge on any atom is -0.372 e. The molecule has 0 saturated carbocycles. The van der Waals surface area contributed by atoms with Crippen molar-refractivity contribution in [1.29, 1.82) is 0 Å². The van der Waals surface area contributed by atoms with E-state index in [2.05, 4.69) is 36.1 Å². The lowest BCUT2D eigenvalue weighted by molar-refractivity contribution is 1.09. The smallest absolute Gasteiger partial charge is 0.284 e. The van der Waals surface area contributed by atoms with Crippen LogP contribution in [0.1, 0.15) is 13.8 Å². The zero-order valence-corrected chi connectivity index (χ0v) is 7.65. The van der Waals surface area contributed by atoms with Crippen molar-refractivity contribution < 1.29 is 0 Å². The topological polar surface area (TPSA) is 36.1 Å². The van der Waals surface area contributed by atoms with E-state index in [4.69, 9.17) is 0 Å². The molecule has 1 heterocycles. The van der Waals surface area contributed by atoms with Crippen molar-refractivity contribution in [3.63, 3.8) is 0 Å². The molecule has 1 saturated heterocycles. The third-order valence-corrected chi connectivity index (χ3v) is 2.12. The molecule has 0 unspecified atom stereocenters. The molecule has 3 nitrogen and oxygen atoms in total. The zero-order valence-electron chi connectivity index (χ0n) is 7.65. The van der Waals surface area contributed by atoms with Crippen LogP contribution in [0.25, 0.3) is 0 Å². The highest BCUT2D eigenvalue weighted by Crippen LogP contribution is 1.93. The third kappa shape index (κ3) is 2.54. The van der Waals surface area contributed by atoms with Gasteiger partial charge in [0, 0.05) is 0 Å². The Bertz CT molecular complexity index is 112. The van der Waals surface area contributed by atoms with Crippen molar-refractivity contribution in [3.8, 4) is 0 Å². The summed E-state index contributed by atoms with van der Waals surface area (Å²) in [5.74, 6) is 0. The van der Waals surface area contributed by atoms with Crippen LogP contribution in [0.4, 0.5) is 0 Å². The molecule has 11 heavy (non-hydrogen) atoms. The van der Waals surface area contributed by atoms with Crippen molar-refractivity contribution in [2.24, 2.45) is 0 Å². The number of hydrogen-bond donors (Lipinski definition) is 3. The standard InChI is InChI=1S/C5H16B3N3/c1-4-7-9-6(3)10-8(5-2)11-7/h9-11H,4-5H2,1-3H3. The second-order valence-electron chi connectivity index (χ2n) is 3.14. The van der Waals surface area contributed by atoms with E-state index < -0.39 is 0 Å². The van der Waals surface area contributed by atoms with Crippen molar-refractivity contribution in [2.75, 3.05) is 0 Å². The van der Waals surface area contributed by atoms with Crippen LogP contribution in [0, 0.1) is 0 Å². The molecular formula is C5H16B3N3. The van der Waals surface area contributed by atoms with Gasteiger partial charge in [-0.25, -0.2) is 0 Å². The van der Waals surface area contributed by atoms with E-state index in [0.29, 0.717) is 20.9 Å². The second kappa shape index (κ2) is 4.19. The Morgan fingerprint density at radius 3 is 1.73 bits per heavy atom. The molecule has 0 spiro atoms. The maximum Gasteiger partial charge on any atom is 0.284 e. The maximum absolute atomic E-state index is 3.46. The second-order valence-corrected chi connectivity index (χ2v) is 3.14. The van der Waals surface area contributed by atoms with E-state index in [1.54, 1.807) is 0 Å². The molecule has 1 rings (SSSR count). The van der Waals surface area contributed by atoms with E-state index in [1.165, 1.54) is 0 Å². The summed E-state index contributed by atoms with van der Waals surface area (Å²) in [7, 11) is 0. The summed E-state index contributed by atoms with van der Waals surface area (Å²) in [4.78, 5) is 0. The van der Waals surface area contributed by atoms with Crippen LogP contribution >= 0.6 is 0 Å². The van der Waals surface area contributed by atoms with Gasteiger partial charge < -0.3 is 15.4 Å². The average molecular weight is 151 g/mol. The molecule has 6 heteroatoms. The van der Waals surface area contributed by atoms with Crippen molar-refractivity contribution in [1.82, 2.24) is 15.4 Å². The Morgan fingerprint density at radius 2 is 1.36 bits per heavy atom. The van der Waals surface area contributed by atoms with Gasteiger partial charge in [-0.2, -0.15) is 0 Å². The SMILES string of the molecule is CCB1NB(C)NB(CC)N1. The number of nitrogens with one attached hydrogen (secondary N) is 3. The average Bonchev–Trinajstić information content (AvgIpc) is 2.03. The molecule has 0 radical (unpaired) electrons. The highest BCUT2D eigenvalue weighted by Gasteiger charge is 2.29. The van der Waals surface area contributed by atoms with Crippen molar-refractivity contribution >= 4 is 20.9 Å². The largest absolute Gasteiger partial charge is 0.372 e. The van der Waals surface area contributed by atoms with Gasteiger partial charge in [0.25, 0.3) is 20.9 Å². The molecular weight excluding hydrogens is 135 g/mol. The number of hydrogen-bond acceptors (Lipinski definition) is 3. The van der Waals surface area contributed by atoms with Crippen LogP contribution < -0.4 is 15.4 Å². The Kier molecular flexibility index (Phi) is 3.49. The van der Waals surface area contributed by atoms with Crippen LogP contribution in [0.3, 0.4) is 0 Å². The molecule has 1 aliphatic rings. The summed E-state index contributed by atoms with van der Waals surface area (Å²) < 4.78 is 0. The minimum atomic E-state index is 0.436. The van der Waals surface area contributed by atoms with Gasteiger partial charge in [0.1, 0.15) is 0 Å². The first-order chi connectivity index (χ1) is 5.26. The first kappa shape index (κ1) is 9.17. The van der Waals surface area contributed by atoms with Gasteiger partial charge in [0.2, 0.25) is 0 Å². The van der Waals surface area contributed by atoms with E-state index in [1.807, 2.05) is 0 Å². The number of rotatable bonds is 2. The molecule has 0 amide bonds. The van der Waals surface area contributed by atoms with E-state index in [0.717, 1.165) is 12.6 Å². The molecule has 0 aromatic carbocycles. The molecule has 0 aromatic heterocycles. The highest BCUT2D eigenvalue weighted by molar-refractivity contribution is 6.86. The van der Waals surface area contributed by atoms with Gasteiger partial charge in [0.05, 0.1) is 0 Å². The van der Waals surface area contributed by atoms with Gasteiger partial charge in [-0.3, -0.25) is 0 Å². The Hall–Kier alpha value is 0.0748. The van der Waals surface area contributed by atoms with Gasteiger partial charge in [-0.05, 0) is 12.6 Å². The summed E-state index contributed by atoms with van der Waals surface area (Å²) >= 11 is 0. The summed E-state index contributed by atoms with van der Waals surface area (Å²) in [6, 6.07) is 0. The van der Waals surface area contributed by atoms with Crippen LogP contribution in [-0.4, -0.2) is 20.9 Å². The predicted octanol–water partition coefficient (Wildman–Crippen LogP) is -0.0970. The van der Waals surface area contributed by atoms with Crippen LogP contribution in [0.2, 0.25) is 19.5 Å². The van der Waals surface area contributed by atoms with Gasteiger partial charge >= 0.3 is 0 Å². The molecule has 0 aliphatic carbocycles. The fraction of sp³-hybridized carbons (Fsp3) is 1.00. The van der Waals surface area contributed by atoms with Crippen molar-refractivity contribution in [3.05, 3.63) is 0 Å². The van der Waals surface area contributed by atoms with Crippen LogP contribution in [0.15, 0.2) is 0 Å². The summed E-state index contributed by atoms with van der Waals surface area (Å²) in [5.41, 5.74) is 0. The van der Waals surface area contributed by atoms with Gasteiger partial charge in [-0.15, -0.1) is 0 Å². The maximum atomic E-state index is 3.46. The third-order valence-electron chi connectivity index (χ3n) is 2.12. The van der Waals surface area contributed by atoms with E-state index >= 15 is 0 Å². The molecule has 0 aromatic rings. The van der Waals surface area contributed by atoms with Gasteiger partial charge in [0.15, 0.2) is 0 Å². The minimum absolute atomic E-state index is 0.436. The molecule has 1 fully saturated rings. The van der Waals surface area contributed by atoms with E-state index in [-0.39, 0.29) is 0 Å². The first-order valence-corrected chi connectivity index (χ1v) is 4.54. The Morgan fingerprint density at radius 1 is 0.909 bits per heavy atom. The van der Waals surface area contributed by atoms with Crippen molar-refractivity contribution in [2.45, 2.75) is 33.3 Å². The molecule has 60 valence electrons. The van der Waals surface area contributed by atoms with Crippen LogP contribution in [-0.2, 0) is 0 Å². The normalized spacial score (nSPS) is 19.4. The van der Waals surface area contributed by atoms with Crippen LogP contribution in [0.5, 0.6) is 0 Å². The molecule has 1 aliphatic heterocycles. The predicted molar refractivity (Wildman–Crippen MR) is 53.5 cm³/mol. The lowest BCUT2D eigenvalue weighted by Crippen LogP contribution is -2.73. The lowest BCUT2D eigenvalue weighted by Gasteiger charge is -2.30. The molecule has 0 bridgehead atoms. The van der Waals surface area contributed by atoms with Gasteiger partial charge in [-0.1, -0.05) is 20.7 Å². The zero-order chi connectivity index (χ0) is 8.27. The highest BCUT2D eigenvalue weighted by atomic mass is 15.0. The molecule has 0 atom stereocenters. The summed E-state index contributed by atoms with van der Waals surface area (Å²) in [6.45, 7) is 7.94. The fourth-order valence-corrected chi connectivity index (χ4v) is 1.46. The molecule has 3 N–H and O–H groups in total. The Balaban J connectivity index is 2.37. The summed E-state index contributed by atoms with van der Waals surface area (Å²) in [6.07, 6.45) is 2.28. The summed E-state index contributed by atoms with van der Waals surface area (Å²) in [5, 5.41) is 10.3. The Labute approximate surface area is 70.4 Å². The monoisotopic (exact) mass is 151 g/mol. The lowest BCUT2D eigenvalue weighted by atomic mass is 9.48. The van der Waals surface area contributed by atoms with E-state index in [9.17, 15) is 0 Å².